The van der Waals surface area contributed by atoms with Crippen LogP contribution in [0.25, 0.3) is 10.2 Å². The Hall–Kier alpha value is -3.03. The van der Waals surface area contributed by atoms with E-state index in [1.807, 2.05) is 0 Å². The Morgan fingerprint density at radius 3 is 2.83 bits per heavy atom. The van der Waals surface area contributed by atoms with E-state index in [2.05, 4.69) is 19.8 Å². The van der Waals surface area contributed by atoms with Crippen LogP contribution >= 0.6 is 33.4 Å². The molecule has 0 bridgehead atoms. The molecule has 30 heavy (non-hydrogen) atoms. The van der Waals surface area contributed by atoms with E-state index in [9.17, 15) is 19.0 Å². The largest absolute Gasteiger partial charge is 0.505 e. The molecule has 0 aliphatic carbocycles. The lowest BCUT2D eigenvalue weighted by atomic mass is 10.2. The molecule has 1 aliphatic heterocycles. The van der Waals surface area contributed by atoms with Gasteiger partial charge in [-0.15, -0.1) is 27.1 Å². The molecule has 12 heteroatoms. The van der Waals surface area contributed by atoms with E-state index < -0.39 is 16.3 Å². The number of rotatable bonds is 3. The quantitative estimate of drug-likeness (QED) is 0.342. The molecule has 152 valence electrons. The molecule has 0 fully saturated rings. The van der Waals surface area contributed by atoms with Gasteiger partial charge in [0.1, 0.15) is 10.5 Å². The first-order valence-corrected chi connectivity index (χ1v) is 11.7. The maximum Gasteiger partial charge on any atom is 0.286 e. The number of thiazole rings is 1. The molecule has 4 heterocycles. The Bertz CT molecular complexity index is 1390. The molecule has 0 spiro atoms. The number of amidine groups is 1. The van der Waals surface area contributed by atoms with Crippen LogP contribution in [0, 0.1) is 0 Å². The number of hydrogen-bond donors (Lipinski definition) is 4. The molecular formula is C18H13N5O4S3. The van der Waals surface area contributed by atoms with Crippen molar-refractivity contribution in [2.75, 3.05) is 5.32 Å². The third-order valence-corrected chi connectivity index (χ3v) is 7.38. The number of pyridine rings is 1. The second kappa shape index (κ2) is 7.04. The standard InChI is InChI=1S/C18H13N5O4S3/c24-15-14(17-21-11-3-1-2-4-13(11)30(26,27)22-17)18(25)23(12-5-6-28-16(12)15)20-8-10-7-19-9-29-10/h1-9,24,26-27H,(H,21,22)/b20-8+. The van der Waals surface area contributed by atoms with Crippen molar-refractivity contribution < 1.29 is 14.2 Å². The second-order valence-corrected chi connectivity index (χ2v) is 9.70. The van der Waals surface area contributed by atoms with E-state index in [0.29, 0.717) is 15.9 Å². The molecule has 0 amide bonds. The lowest BCUT2D eigenvalue weighted by Gasteiger charge is -2.34. The Labute approximate surface area is 178 Å². The molecule has 0 atom stereocenters. The summed E-state index contributed by atoms with van der Waals surface area (Å²) in [6.45, 7) is 0. The van der Waals surface area contributed by atoms with Crippen molar-refractivity contribution in [1.29, 1.82) is 0 Å². The van der Waals surface area contributed by atoms with Gasteiger partial charge in [-0.2, -0.15) is 9.78 Å². The minimum absolute atomic E-state index is 0.131. The number of aromatic hydroxyl groups is 1. The molecule has 1 aliphatic rings. The van der Waals surface area contributed by atoms with Gasteiger partial charge >= 0.3 is 0 Å². The monoisotopic (exact) mass is 459 g/mol. The second-order valence-electron chi connectivity index (χ2n) is 6.20. The summed E-state index contributed by atoms with van der Waals surface area (Å²) in [5.74, 6) is -0.427. The highest BCUT2D eigenvalue weighted by Gasteiger charge is 2.30. The number of nitrogens with zero attached hydrogens (tertiary/aromatic N) is 4. The predicted octanol–water partition coefficient (Wildman–Crippen LogP) is 4.00. The van der Waals surface area contributed by atoms with E-state index >= 15 is 0 Å². The van der Waals surface area contributed by atoms with Gasteiger partial charge in [-0.1, -0.05) is 22.9 Å². The number of hydrogen-bond acceptors (Lipinski definition) is 10. The highest BCUT2D eigenvalue weighted by atomic mass is 32.3. The molecule has 1 aromatic carbocycles. The first-order valence-electron chi connectivity index (χ1n) is 8.48. The van der Waals surface area contributed by atoms with Gasteiger partial charge in [0.15, 0.2) is 11.6 Å². The zero-order valence-corrected chi connectivity index (χ0v) is 17.4. The topological polar surface area (TPSA) is 132 Å². The molecule has 3 aromatic heterocycles. The van der Waals surface area contributed by atoms with Crippen molar-refractivity contribution in [3.05, 3.63) is 68.2 Å². The van der Waals surface area contributed by atoms with Crippen molar-refractivity contribution in [2.24, 2.45) is 9.50 Å². The van der Waals surface area contributed by atoms with Crippen molar-refractivity contribution in [3.63, 3.8) is 0 Å². The van der Waals surface area contributed by atoms with E-state index in [1.165, 1.54) is 35.0 Å². The van der Waals surface area contributed by atoms with Gasteiger partial charge in [0.2, 0.25) is 0 Å². The minimum atomic E-state index is -3.55. The maximum atomic E-state index is 13.3. The highest BCUT2D eigenvalue weighted by Crippen LogP contribution is 2.55. The summed E-state index contributed by atoms with van der Waals surface area (Å²) in [5, 5.41) is 19.8. The number of para-hydroxylation sites is 1. The third-order valence-electron chi connectivity index (χ3n) is 4.37. The van der Waals surface area contributed by atoms with Crippen molar-refractivity contribution in [3.8, 4) is 5.75 Å². The zero-order chi connectivity index (χ0) is 20.9. The molecule has 4 N–H and O–H groups in total. The van der Waals surface area contributed by atoms with E-state index in [1.54, 1.807) is 41.4 Å². The summed E-state index contributed by atoms with van der Waals surface area (Å²) in [4.78, 5) is 18.2. The number of thiophene rings is 1. The number of benzene rings is 1. The SMILES string of the molecule is O=c1c(C2=NS(O)(O)c3ccccc3N2)c(O)c2sccc2n1/N=C/c1cncs1. The molecule has 0 saturated carbocycles. The number of nitrogens with one attached hydrogen (secondary N) is 1. The average molecular weight is 460 g/mol. The molecule has 9 nitrogen and oxygen atoms in total. The lowest BCUT2D eigenvalue weighted by Crippen LogP contribution is -2.30. The zero-order valence-electron chi connectivity index (χ0n) is 15.0. The molecule has 0 radical (unpaired) electrons. The van der Waals surface area contributed by atoms with Crippen LogP contribution in [-0.2, 0) is 0 Å². The van der Waals surface area contributed by atoms with Crippen LogP contribution in [0.1, 0.15) is 10.4 Å². The molecule has 5 rings (SSSR count). The average Bonchev–Trinajstić information content (AvgIpc) is 3.40. The van der Waals surface area contributed by atoms with Gasteiger partial charge in [0.05, 0.1) is 32.5 Å². The molecule has 0 saturated heterocycles. The summed E-state index contributed by atoms with van der Waals surface area (Å²) in [6, 6.07) is 8.22. The summed E-state index contributed by atoms with van der Waals surface area (Å²) < 4.78 is 26.5. The van der Waals surface area contributed by atoms with Gasteiger partial charge < -0.3 is 10.4 Å². The Morgan fingerprint density at radius 2 is 2.03 bits per heavy atom. The summed E-state index contributed by atoms with van der Waals surface area (Å²) in [5.41, 5.74) is 1.62. The molecule has 4 aromatic rings. The number of fused-ring (bicyclic) bond motifs is 2. The van der Waals surface area contributed by atoms with Crippen LogP contribution in [0.15, 0.2) is 66.6 Å². The van der Waals surface area contributed by atoms with Crippen molar-refractivity contribution >= 4 is 61.4 Å². The van der Waals surface area contributed by atoms with Crippen LogP contribution < -0.4 is 10.9 Å². The van der Waals surface area contributed by atoms with E-state index in [4.69, 9.17) is 0 Å². The maximum absolute atomic E-state index is 13.3. The predicted molar refractivity (Wildman–Crippen MR) is 121 cm³/mol. The van der Waals surface area contributed by atoms with Crippen LogP contribution in [0.3, 0.4) is 0 Å². The molecule has 0 unspecified atom stereocenters. The first-order chi connectivity index (χ1) is 14.5. The highest BCUT2D eigenvalue weighted by molar-refractivity contribution is 8.23. The van der Waals surface area contributed by atoms with Gasteiger partial charge in [0, 0.05) is 6.20 Å². The van der Waals surface area contributed by atoms with Gasteiger partial charge in [0.25, 0.3) is 5.56 Å². The van der Waals surface area contributed by atoms with Crippen LogP contribution in [0.5, 0.6) is 5.75 Å². The smallest absolute Gasteiger partial charge is 0.286 e. The van der Waals surface area contributed by atoms with E-state index in [-0.39, 0.29) is 22.0 Å². The summed E-state index contributed by atoms with van der Waals surface area (Å²) >= 11 is 2.59. The van der Waals surface area contributed by atoms with Crippen LogP contribution in [-0.4, -0.2) is 35.9 Å². The van der Waals surface area contributed by atoms with Crippen molar-refractivity contribution in [1.82, 2.24) is 9.66 Å². The van der Waals surface area contributed by atoms with Gasteiger partial charge in [-0.05, 0) is 23.6 Å². The number of anilines is 1. The van der Waals surface area contributed by atoms with Crippen LogP contribution in [0.4, 0.5) is 5.69 Å². The fourth-order valence-corrected chi connectivity index (χ4v) is 5.51. The summed E-state index contributed by atoms with van der Waals surface area (Å²) in [7, 11) is -3.55. The fourth-order valence-electron chi connectivity index (χ4n) is 3.05. The Morgan fingerprint density at radius 1 is 1.20 bits per heavy atom. The fraction of sp³-hybridized carbons (Fsp3) is 0. The molecular weight excluding hydrogens is 446 g/mol. The Balaban J connectivity index is 1.73. The van der Waals surface area contributed by atoms with Crippen LogP contribution in [0.2, 0.25) is 0 Å². The number of aromatic nitrogens is 2. The normalized spacial score (nSPS) is 16.3. The Kier molecular flexibility index (Phi) is 4.45. The van der Waals surface area contributed by atoms with Crippen molar-refractivity contribution in [2.45, 2.75) is 4.90 Å². The van der Waals surface area contributed by atoms with Gasteiger partial charge in [-0.3, -0.25) is 18.9 Å². The third kappa shape index (κ3) is 3.02. The van der Waals surface area contributed by atoms with Gasteiger partial charge in [-0.25, -0.2) is 0 Å². The first kappa shape index (κ1) is 19.0. The minimum Gasteiger partial charge on any atom is -0.505 e. The lowest BCUT2D eigenvalue weighted by molar-refractivity contribution is 0.479. The summed E-state index contributed by atoms with van der Waals surface area (Å²) in [6.07, 6.45) is 3.11. The van der Waals surface area contributed by atoms with E-state index in [0.717, 1.165) is 9.55 Å².